The standard InChI is InChI=1S/C20H18ClN3O2/c1-13-14(2)22-19(15-7-6-8-16(21)11-15)24(20(13)26)12-18(25)23-17-9-4-3-5-10-17/h3-11H,12H2,1-2H3,(H,23,25). The molecule has 0 bridgehead atoms. The molecule has 0 aliphatic heterocycles. The van der Waals surface area contributed by atoms with E-state index in [0.29, 0.717) is 33.4 Å². The summed E-state index contributed by atoms with van der Waals surface area (Å²) < 4.78 is 1.38. The van der Waals surface area contributed by atoms with Crippen LogP contribution in [-0.4, -0.2) is 15.5 Å². The third-order valence-electron chi connectivity index (χ3n) is 4.08. The number of benzene rings is 2. The Hall–Kier alpha value is -2.92. The fraction of sp³-hybridized carbons (Fsp3) is 0.150. The van der Waals surface area contributed by atoms with Crippen LogP contribution in [0.5, 0.6) is 0 Å². The normalized spacial score (nSPS) is 10.6. The van der Waals surface area contributed by atoms with Gasteiger partial charge < -0.3 is 5.32 Å². The maximum atomic E-state index is 12.8. The Bertz CT molecular complexity index is 1010. The van der Waals surface area contributed by atoms with Crippen LogP contribution in [0.3, 0.4) is 0 Å². The molecule has 0 unspecified atom stereocenters. The number of aromatic nitrogens is 2. The molecule has 26 heavy (non-hydrogen) atoms. The summed E-state index contributed by atoms with van der Waals surface area (Å²) in [6.07, 6.45) is 0. The van der Waals surface area contributed by atoms with E-state index < -0.39 is 0 Å². The highest BCUT2D eigenvalue weighted by atomic mass is 35.5. The third-order valence-corrected chi connectivity index (χ3v) is 4.32. The number of aryl methyl sites for hydroxylation is 1. The van der Waals surface area contributed by atoms with Gasteiger partial charge in [0, 0.05) is 27.5 Å². The molecule has 0 aliphatic carbocycles. The SMILES string of the molecule is Cc1nc(-c2cccc(Cl)c2)n(CC(=O)Nc2ccccc2)c(=O)c1C. The van der Waals surface area contributed by atoms with Crippen LogP contribution in [0.1, 0.15) is 11.3 Å². The second-order valence-electron chi connectivity index (χ2n) is 5.96. The van der Waals surface area contributed by atoms with E-state index in [-0.39, 0.29) is 18.0 Å². The summed E-state index contributed by atoms with van der Waals surface area (Å²) in [5, 5.41) is 3.33. The largest absolute Gasteiger partial charge is 0.325 e. The molecule has 0 spiro atoms. The molecular formula is C20H18ClN3O2. The summed E-state index contributed by atoms with van der Waals surface area (Å²) in [5.74, 6) is 0.121. The Labute approximate surface area is 156 Å². The lowest BCUT2D eigenvalue weighted by Crippen LogP contribution is -2.31. The van der Waals surface area contributed by atoms with E-state index in [4.69, 9.17) is 11.6 Å². The third kappa shape index (κ3) is 3.83. The molecule has 1 amide bonds. The summed E-state index contributed by atoms with van der Waals surface area (Å²) in [6, 6.07) is 16.2. The first-order valence-electron chi connectivity index (χ1n) is 8.14. The number of hydrogen-bond acceptors (Lipinski definition) is 3. The summed E-state index contributed by atoms with van der Waals surface area (Å²) >= 11 is 6.08. The van der Waals surface area contributed by atoms with Crippen molar-refractivity contribution in [1.82, 2.24) is 9.55 Å². The Morgan fingerprint density at radius 3 is 2.54 bits per heavy atom. The highest BCUT2D eigenvalue weighted by molar-refractivity contribution is 6.30. The molecule has 0 fully saturated rings. The molecule has 0 atom stereocenters. The first-order chi connectivity index (χ1) is 12.5. The van der Waals surface area contributed by atoms with E-state index in [1.54, 1.807) is 44.2 Å². The van der Waals surface area contributed by atoms with Gasteiger partial charge in [0.05, 0.1) is 0 Å². The number of anilines is 1. The van der Waals surface area contributed by atoms with Gasteiger partial charge in [0.1, 0.15) is 12.4 Å². The molecule has 6 heteroatoms. The van der Waals surface area contributed by atoms with Gasteiger partial charge in [-0.2, -0.15) is 0 Å². The molecule has 3 aromatic rings. The first kappa shape index (κ1) is 17.9. The van der Waals surface area contributed by atoms with E-state index in [2.05, 4.69) is 10.3 Å². The van der Waals surface area contributed by atoms with Crippen molar-refractivity contribution in [2.45, 2.75) is 20.4 Å². The molecular weight excluding hydrogens is 350 g/mol. The number of amides is 1. The minimum atomic E-state index is -0.299. The summed E-state index contributed by atoms with van der Waals surface area (Å²) in [4.78, 5) is 29.8. The van der Waals surface area contributed by atoms with Gasteiger partial charge in [0.2, 0.25) is 5.91 Å². The molecule has 0 radical (unpaired) electrons. The van der Waals surface area contributed by atoms with Crippen molar-refractivity contribution in [3.8, 4) is 11.4 Å². The van der Waals surface area contributed by atoms with E-state index in [1.165, 1.54) is 4.57 Å². The topological polar surface area (TPSA) is 64.0 Å². The Balaban J connectivity index is 2.01. The van der Waals surface area contributed by atoms with Gasteiger partial charge in [-0.25, -0.2) is 4.98 Å². The Kier molecular flexibility index (Phi) is 5.19. The van der Waals surface area contributed by atoms with E-state index >= 15 is 0 Å². The van der Waals surface area contributed by atoms with Crippen LogP contribution in [0.15, 0.2) is 59.4 Å². The maximum absolute atomic E-state index is 12.8. The number of nitrogens with one attached hydrogen (secondary N) is 1. The molecule has 1 aromatic heterocycles. The summed E-state index contributed by atoms with van der Waals surface area (Å²) in [7, 11) is 0. The van der Waals surface area contributed by atoms with Crippen molar-refractivity contribution < 1.29 is 4.79 Å². The zero-order valence-electron chi connectivity index (χ0n) is 14.5. The Morgan fingerprint density at radius 2 is 1.85 bits per heavy atom. The summed E-state index contributed by atoms with van der Waals surface area (Å²) in [5.41, 5.74) is 2.26. The lowest BCUT2D eigenvalue weighted by atomic mass is 10.1. The number of hydrogen-bond donors (Lipinski definition) is 1. The highest BCUT2D eigenvalue weighted by Gasteiger charge is 2.16. The van der Waals surface area contributed by atoms with Crippen LogP contribution in [0.25, 0.3) is 11.4 Å². The van der Waals surface area contributed by atoms with Crippen molar-refractivity contribution in [3.63, 3.8) is 0 Å². The monoisotopic (exact) mass is 367 g/mol. The summed E-state index contributed by atoms with van der Waals surface area (Å²) in [6.45, 7) is 3.35. The van der Waals surface area contributed by atoms with Crippen molar-refractivity contribution in [1.29, 1.82) is 0 Å². The minimum absolute atomic E-state index is 0.135. The van der Waals surface area contributed by atoms with E-state index in [0.717, 1.165) is 0 Å². The van der Waals surface area contributed by atoms with Crippen molar-refractivity contribution >= 4 is 23.2 Å². The zero-order chi connectivity index (χ0) is 18.7. The zero-order valence-corrected chi connectivity index (χ0v) is 15.2. The number of rotatable bonds is 4. The average Bonchev–Trinajstić information content (AvgIpc) is 2.63. The predicted octanol–water partition coefficient (Wildman–Crippen LogP) is 3.82. The van der Waals surface area contributed by atoms with Crippen molar-refractivity contribution in [2.75, 3.05) is 5.32 Å². The fourth-order valence-corrected chi connectivity index (χ4v) is 2.81. The molecule has 1 heterocycles. The van der Waals surface area contributed by atoms with Gasteiger partial charge in [-0.3, -0.25) is 14.2 Å². The van der Waals surface area contributed by atoms with Gasteiger partial charge in [0.15, 0.2) is 0 Å². The molecule has 132 valence electrons. The first-order valence-corrected chi connectivity index (χ1v) is 8.52. The average molecular weight is 368 g/mol. The fourth-order valence-electron chi connectivity index (χ4n) is 2.62. The van der Waals surface area contributed by atoms with Crippen LogP contribution < -0.4 is 10.9 Å². The second-order valence-corrected chi connectivity index (χ2v) is 6.40. The number of carbonyl (C=O) groups is 1. The van der Waals surface area contributed by atoms with Crippen LogP contribution in [-0.2, 0) is 11.3 Å². The van der Waals surface area contributed by atoms with Crippen LogP contribution >= 0.6 is 11.6 Å². The maximum Gasteiger partial charge on any atom is 0.257 e. The van der Waals surface area contributed by atoms with Crippen LogP contribution in [0, 0.1) is 13.8 Å². The van der Waals surface area contributed by atoms with Gasteiger partial charge in [-0.1, -0.05) is 41.9 Å². The number of nitrogens with zero attached hydrogens (tertiary/aromatic N) is 2. The van der Waals surface area contributed by atoms with Crippen molar-refractivity contribution in [3.05, 3.63) is 81.2 Å². The van der Waals surface area contributed by atoms with E-state index in [1.807, 2.05) is 24.3 Å². The van der Waals surface area contributed by atoms with Gasteiger partial charge in [-0.15, -0.1) is 0 Å². The highest BCUT2D eigenvalue weighted by Crippen LogP contribution is 2.21. The number of para-hydroxylation sites is 1. The van der Waals surface area contributed by atoms with Gasteiger partial charge in [0.25, 0.3) is 5.56 Å². The second kappa shape index (κ2) is 7.54. The molecule has 5 nitrogen and oxygen atoms in total. The van der Waals surface area contributed by atoms with Crippen LogP contribution in [0.2, 0.25) is 5.02 Å². The lowest BCUT2D eigenvalue weighted by Gasteiger charge is -2.15. The smallest absolute Gasteiger partial charge is 0.257 e. The van der Waals surface area contributed by atoms with E-state index in [9.17, 15) is 9.59 Å². The molecule has 0 saturated carbocycles. The molecule has 2 aromatic carbocycles. The number of carbonyl (C=O) groups excluding carboxylic acids is 1. The molecule has 3 rings (SSSR count). The molecule has 0 saturated heterocycles. The number of halogens is 1. The Morgan fingerprint density at radius 1 is 1.12 bits per heavy atom. The van der Waals surface area contributed by atoms with Crippen LogP contribution in [0.4, 0.5) is 5.69 Å². The van der Waals surface area contributed by atoms with Gasteiger partial charge in [-0.05, 0) is 38.1 Å². The minimum Gasteiger partial charge on any atom is -0.325 e. The molecule has 1 N–H and O–H groups in total. The molecule has 0 aliphatic rings. The predicted molar refractivity (Wildman–Crippen MR) is 103 cm³/mol. The van der Waals surface area contributed by atoms with Gasteiger partial charge >= 0.3 is 0 Å². The van der Waals surface area contributed by atoms with Crippen molar-refractivity contribution in [2.24, 2.45) is 0 Å². The quantitative estimate of drug-likeness (QED) is 0.762. The lowest BCUT2D eigenvalue weighted by molar-refractivity contribution is -0.116.